The number of rotatable bonds is 5. The Bertz CT molecular complexity index is 439. The summed E-state index contributed by atoms with van der Waals surface area (Å²) in [7, 11) is 0. The van der Waals surface area contributed by atoms with Gasteiger partial charge >= 0.3 is 5.97 Å². The Morgan fingerprint density at radius 2 is 2.35 bits per heavy atom. The molecule has 112 valence electrons. The van der Waals surface area contributed by atoms with Crippen LogP contribution in [0.5, 0.6) is 0 Å². The molecule has 1 aliphatic heterocycles. The van der Waals surface area contributed by atoms with Crippen LogP contribution in [0, 0.1) is 11.3 Å². The number of furan rings is 1. The second-order valence-corrected chi connectivity index (χ2v) is 6.30. The number of piperidine rings is 1. The number of likely N-dealkylation sites (tertiary alicyclic amines) is 1. The summed E-state index contributed by atoms with van der Waals surface area (Å²) in [5.74, 6) is 0.481. The fourth-order valence-corrected chi connectivity index (χ4v) is 3.17. The molecule has 0 saturated carbocycles. The highest BCUT2D eigenvalue weighted by molar-refractivity contribution is 5.74. The Morgan fingerprint density at radius 3 is 2.90 bits per heavy atom. The van der Waals surface area contributed by atoms with E-state index in [1.807, 2.05) is 26.0 Å². The largest absolute Gasteiger partial charge is 0.481 e. The Kier molecular flexibility index (Phi) is 4.53. The Hall–Kier alpha value is -1.29. The molecule has 1 N–H and O–H groups in total. The quantitative estimate of drug-likeness (QED) is 0.895. The highest BCUT2D eigenvalue weighted by atomic mass is 16.4. The summed E-state index contributed by atoms with van der Waals surface area (Å²) in [5.41, 5.74) is -0.667. The molecule has 2 heterocycles. The number of carboxylic acid groups (broad SMARTS) is 1. The molecule has 0 aliphatic carbocycles. The minimum atomic E-state index is -0.699. The fraction of sp³-hybridized carbons (Fsp3) is 0.688. The van der Waals surface area contributed by atoms with Gasteiger partial charge in [0.1, 0.15) is 5.76 Å². The summed E-state index contributed by atoms with van der Waals surface area (Å²) in [6.45, 7) is 7.69. The summed E-state index contributed by atoms with van der Waals surface area (Å²) >= 11 is 0. The molecule has 0 spiro atoms. The molecule has 2 rings (SSSR count). The Morgan fingerprint density at radius 1 is 1.60 bits per heavy atom. The van der Waals surface area contributed by atoms with E-state index in [-0.39, 0.29) is 12.0 Å². The first-order chi connectivity index (χ1) is 9.46. The zero-order valence-electron chi connectivity index (χ0n) is 12.6. The monoisotopic (exact) mass is 279 g/mol. The third-order valence-electron chi connectivity index (χ3n) is 4.72. The molecule has 1 aromatic heterocycles. The average molecular weight is 279 g/mol. The number of carboxylic acids is 1. The first kappa shape index (κ1) is 15.1. The van der Waals surface area contributed by atoms with Gasteiger partial charge in [0.25, 0.3) is 0 Å². The maximum Gasteiger partial charge on any atom is 0.309 e. The number of aliphatic carboxylic acids is 1. The zero-order chi connectivity index (χ0) is 14.8. The normalized spacial score (nSPS) is 22.6. The van der Waals surface area contributed by atoms with E-state index in [0.29, 0.717) is 0 Å². The van der Waals surface area contributed by atoms with Crippen LogP contribution < -0.4 is 0 Å². The second kappa shape index (κ2) is 6.00. The predicted octanol–water partition coefficient (Wildman–Crippen LogP) is 3.55. The van der Waals surface area contributed by atoms with Crippen LogP contribution in [0.3, 0.4) is 0 Å². The lowest BCUT2D eigenvalue weighted by Crippen LogP contribution is -2.45. The molecule has 1 aromatic rings. The lowest BCUT2D eigenvalue weighted by molar-refractivity contribution is -0.151. The van der Waals surface area contributed by atoms with E-state index >= 15 is 0 Å². The maximum absolute atomic E-state index is 11.5. The first-order valence-electron chi connectivity index (χ1n) is 7.47. The van der Waals surface area contributed by atoms with E-state index in [0.717, 1.165) is 38.1 Å². The van der Waals surface area contributed by atoms with Crippen molar-refractivity contribution in [2.24, 2.45) is 11.3 Å². The second-order valence-electron chi connectivity index (χ2n) is 6.30. The summed E-state index contributed by atoms with van der Waals surface area (Å²) in [6.07, 6.45) is 4.73. The van der Waals surface area contributed by atoms with Crippen molar-refractivity contribution in [2.75, 3.05) is 13.1 Å². The minimum Gasteiger partial charge on any atom is -0.481 e. The number of hydrogen-bond donors (Lipinski definition) is 1. The van der Waals surface area contributed by atoms with E-state index in [4.69, 9.17) is 4.42 Å². The Labute approximate surface area is 120 Å². The molecule has 0 aromatic carbocycles. The molecule has 0 amide bonds. The van der Waals surface area contributed by atoms with Gasteiger partial charge < -0.3 is 9.52 Å². The van der Waals surface area contributed by atoms with Crippen LogP contribution in [0.15, 0.2) is 22.8 Å². The fourth-order valence-electron chi connectivity index (χ4n) is 3.17. The van der Waals surface area contributed by atoms with E-state index in [9.17, 15) is 9.90 Å². The lowest BCUT2D eigenvalue weighted by atomic mass is 9.74. The van der Waals surface area contributed by atoms with Crippen molar-refractivity contribution >= 4 is 5.97 Å². The SMILES string of the molecule is CCC(c1ccco1)N1CCCC(C(C)(C)C(=O)O)C1. The van der Waals surface area contributed by atoms with Crippen LogP contribution in [0.2, 0.25) is 0 Å². The molecular weight excluding hydrogens is 254 g/mol. The molecule has 2 atom stereocenters. The van der Waals surface area contributed by atoms with Crippen molar-refractivity contribution < 1.29 is 14.3 Å². The number of hydrogen-bond acceptors (Lipinski definition) is 3. The van der Waals surface area contributed by atoms with Crippen molar-refractivity contribution in [1.29, 1.82) is 0 Å². The molecule has 1 fully saturated rings. The van der Waals surface area contributed by atoms with Crippen LogP contribution in [0.1, 0.15) is 51.8 Å². The molecule has 1 aliphatic rings. The molecule has 20 heavy (non-hydrogen) atoms. The van der Waals surface area contributed by atoms with E-state index in [1.54, 1.807) is 6.26 Å². The molecule has 0 radical (unpaired) electrons. The lowest BCUT2D eigenvalue weighted by Gasteiger charge is -2.42. The predicted molar refractivity (Wildman–Crippen MR) is 77.5 cm³/mol. The van der Waals surface area contributed by atoms with Gasteiger partial charge in [0, 0.05) is 6.54 Å². The van der Waals surface area contributed by atoms with Crippen molar-refractivity contribution in [3.8, 4) is 0 Å². The van der Waals surface area contributed by atoms with Gasteiger partial charge in [-0.1, -0.05) is 6.92 Å². The van der Waals surface area contributed by atoms with Crippen LogP contribution in [-0.2, 0) is 4.79 Å². The third-order valence-corrected chi connectivity index (χ3v) is 4.72. The van der Waals surface area contributed by atoms with Crippen LogP contribution in [0.25, 0.3) is 0 Å². The Balaban J connectivity index is 2.12. The number of nitrogens with zero attached hydrogens (tertiary/aromatic N) is 1. The van der Waals surface area contributed by atoms with Crippen molar-refractivity contribution in [1.82, 2.24) is 4.90 Å². The number of carbonyl (C=O) groups is 1. The van der Waals surface area contributed by atoms with Crippen molar-refractivity contribution in [3.05, 3.63) is 24.2 Å². The minimum absolute atomic E-state index is 0.192. The van der Waals surface area contributed by atoms with Gasteiger partial charge in [0.15, 0.2) is 0 Å². The summed E-state index contributed by atoms with van der Waals surface area (Å²) < 4.78 is 5.55. The molecular formula is C16H25NO3. The van der Waals surface area contributed by atoms with Gasteiger partial charge in [-0.15, -0.1) is 0 Å². The maximum atomic E-state index is 11.5. The van der Waals surface area contributed by atoms with Crippen LogP contribution in [0.4, 0.5) is 0 Å². The van der Waals surface area contributed by atoms with Crippen molar-refractivity contribution in [3.63, 3.8) is 0 Å². The standard InChI is InChI=1S/C16H25NO3/c1-4-13(14-8-6-10-20-14)17-9-5-7-12(11-17)16(2,3)15(18)19/h6,8,10,12-13H,4-5,7,9,11H2,1-3H3,(H,18,19). The van der Waals surface area contributed by atoms with Gasteiger partial charge in [0.2, 0.25) is 0 Å². The van der Waals surface area contributed by atoms with Gasteiger partial charge in [-0.3, -0.25) is 9.69 Å². The molecule has 4 nitrogen and oxygen atoms in total. The van der Waals surface area contributed by atoms with E-state index < -0.39 is 11.4 Å². The topological polar surface area (TPSA) is 53.7 Å². The van der Waals surface area contributed by atoms with Crippen LogP contribution in [-0.4, -0.2) is 29.1 Å². The average Bonchev–Trinajstić information content (AvgIpc) is 2.94. The molecule has 2 unspecified atom stereocenters. The third kappa shape index (κ3) is 2.90. The van der Waals surface area contributed by atoms with E-state index in [1.165, 1.54) is 0 Å². The van der Waals surface area contributed by atoms with Gasteiger partial charge in [-0.25, -0.2) is 0 Å². The summed E-state index contributed by atoms with van der Waals surface area (Å²) in [5, 5.41) is 9.42. The van der Waals surface area contributed by atoms with Gasteiger partial charge in [0.05, 0.1) is 17.7 Å². The highest BCUT2D eigenvalue weighted by Crippen LogP contribution is 2.37. The first-order valence-corrected chi connectivity index (χ1v) is 7.47. The molecule has 0 bridgehead atoms. The van der Waals surface area contributed by atoms with Gasteiger partial charge in [-0.2, -0.15) is 0 Å². The van der Waals surface area contributed by atoms with Crippen LogP contribution >= 0.6 is 0 Å². The molecule has 4 heteroatoms. The summed E-state index contributed by atoms with van der Waals surface area (Å²) in [6, 6.07) is 4.19. The smallest absolute Gasteiger partial charge is 0.309 e. The van der Waals surface area contributed by atoms with Crippen molar-refractivity contribution in [2.45, 2.75) is 46.1 Å². The highest BCUT2D eigenvalue weighted by Gasteiger charge is 2.40. The summed E-state index contributed by atoms with van der Waals surface area (Å²) in [4.78, 5) is 13.8. The zero-order valence-corrected chi connectivity index (χ0v) is 12.6. The molecule has 1 saturated heterocycles. The van der Waals surface area contributed by atoms with E-state index in [2.05, 4.69) is 11.8 Å². The van der Waals surface area contributed by atoms with Gasteiger partial charge in [-0.05, 0) is 57.7 Å².